The van der Waals surface area contributed by atoms with Crippen molar-refractivity contribution in [3.63, 3.8) is 0 Å². The monoisotopic (exact) mass is 190 g/mol. The lowest BCUT2D eigenvalue weighted by atomic mass is 10.2. The number of rotatable bonds is 1. The Balaban J connectivity index is 2.65. The van der Waals surface area contributed by atoms with Gasteiger partial charge in [-0.3, -0.25) is 4.79 Å². The predicted octanol–water partition coefficient (Wildman–Crippen LogP) is 0.688. The van der Waals surface area contributed by atoms with Gasteiger partial charge in [0.25, 0.3) is 0 Å². The number of likely N-dealkylation sites (tertiary alicyclic amines) is 1. The average Bonchev–Trinajstić information content (AvgIpc) is 2.45. The molecule has 1 rings (SSSR count). The molecule has 1 heterocycles. The molecular formula is C7H8ClFN2O. The zero-order valence-corrected chi connectivity index (χ0v) is 7.09. The van der Waals surface area contributed by atoms with Gasteiger partial charge >= 0.3 is 0 Å². The van der Waals surface area contributed by atoms with Crippen LogP contribution in [0.3, 0.4) is 0 Å². The number of alkyl halides is 2. The fraction of sp³-hybridized carbons (Fsp3) is 0.714. The molecule has 2 atom stereocenters. The standard InChI is InChI=1S/C7H8ClFN2O/c8-2-7(12)11-4-5(9)1-6(11)3-10/h5-6H,1-2,4H2/t5-,6+/m1/s1. The minimum Gasteiger partial charge on any atom is -0.323 e. The zero-order valence-electron chi connectivity index (χ0n) is 6.33. The van der Waals surface area contributed by atoms with Crippen LogP contribution in [-0.4, -0.2) is 35.4 Å². The van der Waals surface area contributed by atoms with Crippen molar-refractivity contribution < 1.29 is 9.18 Å². The fourth-order valence-electron chi connectivity index (χ4n) is 1.26. The second-order valence-electron chi connectivity index (χ2n) is 2.66. The topological polar surface area (TPSA) is 44.1 Å². The number of nitrogens with zero attached hydrogens (tertiary/aromatic N) is 2. The molecule has 1 fully saturated rings. The Bertz CT molecular complexity index is 228. The summed E-state index contributed by atoms with van der Waals surface area (Å²) in [4.78, 5) is 12.2. The molecule has 66 valence electrons. The third-order valence-electron chi connectivity index (χ3n) is 1.83. The van der Waals surface area contributed by atoms with Gasteiger partial charge in [-0.1, -0.05) is 0 Å². The molecule has 5 heteroatoms. The van der Waals surface area contributed by atoms with Crippen LogP contribution in [0.15, 0.2) is 0 Å². The Morgan fingerprint density at radius 1 is 1.83 bits per heavy atom. The molecule has 0 N–H and O–H groups in total. The lowest BCUT2D eigenvalue weighted by Crippen LogP contribution is -2.35. The number of halogens is 2. The largest absolute Gasteiger partial charge is 0.323 e. The normalized spacial score (nSPS) is 28.6. The first-order valence-corrected chi connectivity index (χ1v) is 4.11. The van der Waals surface area contributed by atoms with Crippen LogP contribution in [0.5, 0.6) is 0 Å². The average molecular weight is 191 g/mol. The van der Waals surface area contributed by atoms with Gasteiger partial charge < -0.3 is 4.90 Å². The third kappa shape index (κ3) is 1.67. The first kappa shape index (κ1) is 9.27. The molecule has 0 aromatic rings. The van der Waals surface area contributed by atoms with Gasteiger partial charge in [0.15, 0.2) is 0 Å². The van der Waals surface area contributed by atoms with Gasteiger partial charge in [0.1, 0.15) is 18.1 Å². The van der Waals surface area contributed by atoms with Crippen LogP contribution in [0.2, 0.25) is 0 Å². The van der Waals surface area contributed by atoms with E-state index in [0.717, 1.165) is 0 Å². The van der Waals surface area contributed by atoms with E-state index in [-0.39, 0.29) is 24.8 Å². The summed E-state index contributed by atoms with van der Waals surface area (Å²) in [7, 11) is 0. The van der Waals surface area contributed by atoms with Crippen LogP contribution in [0, 0.1) is 11.3 Å². The fourth-order valence-corrected chi connectivity index (χ4v) is 1.41. The van der Waals surface area contributed by atoms with Crippen molar-refractivity contribution in [1.29, 1.82) is 5.26 Å². The summed E-state index contributed by atoms with van der Waals surface area (Å²) in [6.45, 7) is 0.00375. The second-order valence-corrected chi connectivity index (χ2v) is 2.92. The summed E-state index contributed by atoms with van der Waals surface area (Å²) in [6.07, 6.45) is -0.971. The minimum absolute atomic E-state index is 0.00375. The second kappa shape index (κ2) is 3.72. The van der Waals surface area contributed by atoms with Gasteiger partial charge in [-0.05, 0) is 0 Å². The highest BCUT2D eigenvalue weighted by Crippen LogP contribution is 2.19. The van der Waals surface area contributed by atoms with Crippen LogP contribution >= 0.6 is 11.6 Å². The molecule has 12 heavy (non-hydrogen) atoms. The van der Waals surface area contributed by atoms with Crippen molar-refractivity contribution >= 4 is 17.5 Å². The highest BCUT2D eigenvalue weighted by molar-refractivity contribution is 6.27. The molecule has 1 amide bonds. The molecule has 0 spiro atoms. The summed E-state index contributed by atoms with van der Waals surface area (Å²) in [6, 6.07) is 1.23. The van der Waals surface area contributed by atoms with E-state index >= 15 is 0 Å². The lowest BCUT2D eigenvalue weighted by molar-refractivity contribution is -0.128. The van der Waals surface area contributed by atoms with Crippen LogP contribution in [0.25, 0.3) is 0 Å². The summed E-state index contributed by atoms with van der Waals surface area (Å²) < 4.78 is 12.7. The van der Waals surface area contributed by atoms with Crippen molar-refractivity contribution in [3.8, 4) is 6.07 Å². The highest BCUT2D eigenvalue weighted by Gasteiger charge is 2.34. The Labute approximate surface area is 74.7 Å². The van der Waals surface area contributed by atoms with E-state index in [4.69, 9.17) is 16.9 Å². The molecule has 0 unspecified atom stereocenters. The molecule has 3 nitrogen and oxygen atoms in total. The van der Waals surface area contributed by atoms with Gasteiger partial charge in [-0.15, -0.1) is 11.6 Å². The first-order valence-electron chi connectivity index (χ1n) is 3.58. The van der Waals surface area contributed by atoms with E-state index in [9.17, 15) is 9.18 Å². The molecule has 0 aliphatic carbocycles. The number of hydrogen-bond acceptors (Lipinski definition) is 2. The van der Waals surface area contributed by atoms with E-state index in [0.29, 0.717) is 0 Å². The maximum absolute atomic E-state index is 12.7. The molecule has 1 aliphatic rings. The van der Waals surface area contributed by atoms with Crippen molar-refractivity contribution in [2.24, 2.45) is 0 Å². The van der Waals surface area contributed by atoms with E-state index in [2.05, 4.69) is 0 Å². The van der Waals surface area contributed by atoms with Gasteiger partial charge in [-0.2, -0.15) is 5.26 Å². The van der Waals surface area contributed by atoms with Gasteiger partial charge in [0.2, 0.25) is 5.91 Å². The van der Waals surface area contributed by atoms with Gasteiger partial charge in [0.05, 0.1) is 12.6 Å². The summed E-state index contributed by atoms with van der Waals surface area (Å²) in [5, 5.41) is 8.54. The van der Waals surface area contributed by atoms with Crippen molar-refractivity contribution in [1.82, 2.24) is 4.90 Å². The summed E-state index contributed by atoms with van der Waals surface area (Å²) in [5.74, 6) is -0.561. The predicted molar refractivity (Wildman–Crippen MR) is 41.3 cm³/mol. The molecule has 0 aromatic heterocycles. The molecule has 0 radical (unpaired) electrons. The number of amides is 1. The number of nitriles is 1. The van der Waals surface area contributed by atoms with Crippen molar-refractivity contribution in [3.05, 3.63) is 0 Å². The summed E-state index contributed by atoms with van der Waals surface area (Å²) >= 11 is 5.28. The highest BCUT2D eigenvalue weighted by atomic mass is 35.5. The number of carbonyl (C=O) groups is 1. The van der Waals surface area contributed by atoms with E-state index in [1.54, 1.807) is 0 Å². The van der Waals surface area contributed by atoms with Gasteiger partial charge in [-0.25, -0.2) is 4.39 Å². The lowest BCUT2D eigenvalue weighted by Gasteiger charge is -2.16. The van der Waals surface area contributed by atoms with Crippen molar-refractivity contribution in [2.75, 3.05) is 12.4 Å². The third-order valence-corrected chi connectivity index (χ3v) is 2.06. The molecular weight excluding hydrogens is 183 g/mol. The quantitative estimate of drug-likeness (QED) is 0.571. The smallest absolute Gasteiger partial charge is 0.238 e. The van der Waals surface area contributed by atoms with E-state index in [1.165, 1.54) is 4.90 Å². The van der Waals surface area contributed by atoms with Crippen molar-refractivity contribution in [2.45, 2.75) is 18.6 Å². The Morgan fingerprint density at radius 2 is 2.50 bits per heavy atom. The maximum Gasteiger partial charge on any atom is 0.238 e. The SMILES string of the molecule is N#C[C@@H]1C[C@@H](F)CN1C(=O)CCl. The number of carbonyl (C=O) groups excluding carboxylic acids is 1. The van der Waals surface area contributed by atoms with Crippen LogP contribution in [0.4, 0.5) is 4.39 Å². The Kier molecular flexibility index (Phi) is 2.88. The summed E-state index contributed by atoms with van der Waals surface area (Å²) in [5.41, 5.74) is 0. The zero-order chi connectivity index (χ0) is 9.14. The first-order chi connectivity index (χ1) is 5.69. The molecule has 0 aromatic carbocycles. The number of hydrogen-bond donors (Lipinski definition) is 0. The van der Waals surface area contributed by atoms with E-state index in [1.807, 2.05) is 6.07 Å². The van der Waals surface area contributed by atoms with Crippen LogP contribution in [-0.2, 0) is 4.79 Å². The van der Waals surface area contributed by atoms with Gasteiger partial charge in [0, 0.05) is 6.42 Å². The van der Waals surface area contributed by atoms with E-state index < -0.39 is 12.2 Å². The molecule has 1 aliphatic heterocycles. The van der Waals surface area contributed by atoms with Crippen LogP contribution in [0.1, 0.15) is 6.42 Å². The maximum atomic E-state index is 12.7. The molecule has 0 saturated carbocycles. The molecule has 1 saturated heterocycles. The minimum atomic E-state index is -1.08. The van der Waals surface area contributed by atoms with Crippen LogP contribution < -0.4 is 0 Å². The Hall–Kier alpha value is -0.820. The Morgan fingerprint density at radius 3 is 3.00 bits per heavy atom. The molecule has 0 bridgehead atoms.